The molecule has 1 aliphatic carbocycles. The van der Waals surface area contributed by atoms with Crippen molar-refractivity contribution in [3.05, 3.63) is 39.0 Å². The molecule has 2 aromatic heterocycles. The van der Waals surface area contributed by atoms with Gasteiger partial charge in [0, 0.05) is 15.8 Å². The van der Waals surface area contributed by atoms with Crippen molar-refractivity contribution >= 4 is 45.8 Å². The first kappa shape index (κ1) is 15.9. The summed E-state index contributed by atoms with van der Waals surface area (Å²) in [5.41, 5.74) is 0.756. The van der Waals surface area contributed by atoms with E-state index >= 15 is 0 Å². The standard InChI is InChI=1S/C16H16N2O3S2/c1-2-21-15(20)11-6-7-12-14(11)18-16(23-12)17-13(19)8-5-10-4-3-9-22-10/h3-5,8-9,11H,2,6-7H2,1H3,(H,17,18,19)/b8-5+. The number of nitrogens with zero attached hydrogens (tertiary/aromatic N) is 1. The summed E-state index contributed by atoms with van der Waals surface area (Å²) >= 11 is 3.00. The molecular weight excluding hydrogens is 332 g/mol. The van der Waals surface area contributed by atoms with Crippen LogP contribution in [0.15, 0.2) is 23.6 Å². The molecule has 1 aliphatic rings. The molecule has 2 aromatic rings. The minimum absolute atomic E-state index is 0.224. The summed E-state index contributed by atoms with van der Waals surface area (Å²) in [5.74, 6) is -0.751. The summed E-state index contributed by atoms with van der Waals surface area (Å²) in [6.07, 6.45) is 4.79. The Hall–Kier alpha value is -1.99. The van der Waals surface area contributed by atoms with Gasteiger partial charge in [-0.3, -0.25) is 14.9 Å². The predicted octanol–water partition coefficient (Wildman–Crippen LogP) is 3.45. The second-order valence-corrected chi connectivity index (χ2v) is 7.07. The zero-order valence-electron chi connectivity index (χ0n) is 12.6. The number of carbonyl (C=O) groups is 2. The molecular formula is C16H16N2O3S2. The Morgan fingerprint density at radius 1 is 1.52 bits per heavy atom. The lowest BCUT2D eigenvalue weighted by Gasteiger charge is -2.07. The number of carbonyl (C=O) groups excluding carboxylic acids is 2. The molecule has 5 nitrogen and oxygen atoms in total. The summed E-state index contributed by atoms with van der Waals surface area (Å²) in [6.45, 7) is 2.16. The van der Waals surface area contributed by atoms with E-state index in [1.54, 1.807) is 24.3 Å². The molecule has 0 bridgehead atoms. The maximum atomic E-state index is 11.9. The molecule has 1 atom stereocenters. The van der Waals surface area contributed by atoms with Gasteiger partial charge < -0.3 is 4.74 Å². The van der Waals surface area contributed by atoms with Gasteiger partial charge in [-0.25, -0.2) is 4.98 Å². The van der Waals surface area contributed by atoms with E-state index in [0.717, 1.165) is 28.3 Å². The second-order valence-electron chi connectivity index (χ2n) is 5.01. The molecule has 1 unspecified atom stereocenters. The maximum Gasteiger partial charge on any atom is 0.315 e. The van der Waals surface area contributed by atoms with E-state index in [1.807, 2.05) is 17.5 Å². The molecule has 0 saturated heterocycles. The van der Waals surface area contributed by atoms with Crippen LogP contribution < -0.4 is 5.32 Å². The maximum absolute atomic E-state index is 11.9. The number of hydrogen-bond donors (Lipinski definition) is 1. The number of fused-ring (bicyclic) bond motifs is 1. The monoisotopic (exact) mass is 348 g/mol. The zero-order chi connectivity index (χ0) is 16.2. The van der Waals surface area contributed by atoms with Gasteiger partial charge in [0.15, 0.2) is 5.13 Å². The predicted molar refractivity (Wildman–Crippen MR) is 91.8 cm³/mol. The third-order valence-electron chi connectivity index (χ3n) is 3.46. The number of nitrogens with one attached hydrogen (secondary N) is 1. The molecule has 0 aliphatic heterocycles. The SMILES string of the molecule is CCOC(=O)C1CCc2sc(NC(=O)/C=C/c3cccs3)nc21. The van der Waals surface area contributed by atoms with Gasteiger partial charge in [-0.2, -0.15) is 0 Å². The molecule has 1 amide bonds. The number of aromatic nitrogens is 1. The quantitative estimate of drug-likeness (QED) is 0.664. The Morgan fingerprint density at radius 2 is 2.39 bits per heavy atom. The highest BCUT2D eigenvalue weighted by Crippen LogP contribution is 2.38. The Kier molecular flexibility index (Phi) is 4.88. The van der Waals surface area contributed by atoms with Gasteiger partial charge in [0.2, 0.25) is 5.91 Å². The molecule has 23 heavy (non-hydrogen) atoms. The largest absolute Gasteiger partial charge is 0.465 e. The van der Waals surface area contributed by atoms with Crippen molar-refractivity contribution in [3.8, 4) is 0 Å². The van der Waals surface area contributed by atoms with Crippen LogP contribution in [0.5, 0.6) is 0 Å². The van der Waals surface area contributed by atoms with Crippen molar-refractivity contribution < 1.29 is 14.3 Å². The van der Waals surface area contributed by atoms with Crippen LogP contribution in [0, 0.1) is 0 Å². The second kappa shape index (κ2) is 7.06. The lowest BCUT2D eigenvalue weighted by Crippen LogP contribution is -2.14. The number of ether oxygens (including phenoxy) is 1. The smallest absolute Gasteiger partial charge is 0.315 e. The third-order valence-corrected chi connectivity index (χ3v) is 5.35. The molecule has 0 fully saturated rings. The molecule has 3 rings (SSSR count). The van der Waals surface area contributed by atoms with Crippen molar-refractivity contribution in [1.29, 1.82) is 0 Å². The molecule has 0 saturated carbocycles. The fourth-order valence-electron chi connectivity index (χ4n) is 2.44. The number of thiazole rings is 1. The first-order valence-electron chi connectivity index (χ1n) is 7.36. The number of esters is 1. The molecule has 0 radical (unpaired) electrons. The molecule has 2 heterocycles. The molecule has 120 valence electrons. The van der Waals surface area contributed by atoms with E-state index in [1.165, 1.54) is 17.4 Å². The number of rotatable bonds is 5. The van der Waals surface area contributed by atoms with E-state index in [4.69, 9.17) is 4.74 Å². The molecule has 1 N–H and O–H groups in total. The fourth-order valence-corrected chi connectivity index (χ4v) is 4.10. The van der Waals surface area contributed by atoms with Gasteiger partial charge in [-0.15, -0.1) is 22.7 Å². The Labute approximate surface area is 142 Å². The van der Waals surface area contributed by atoms with Gasteiger partial charge in [0.05, 0.1) is 12.3 Å². The summed E-state index contributed by atoms with van der Waals surface area (Å²) in [5, 5.41) is 5.25. The summed E-state index contributed by atoms with van der Waals surface area (Å²) < 4.78 is 5.08. The van der Waals surface area contributed by atoms with E-state index in [0.29, 0.717) is 11.7 Å². The normalized spacial score (nSPS) is 16.5. The number of hydrogen-bond acceptors (Lipinski definition) is 6. The minimum atomic E-state index is -0.298. The van der Waals surface area contributed by atoms with Crippen LogP contribution in [0.2, 0.25) is 0 Å². The van der Waals surface area contributed by atoms with Crippen LogP contribution in [0.25, 0.3) is 6.08 Å². The van der Waals surface area contributed by atoms with E-state index in [9.17, 15) is 9.59 Å². The van der Waals surface area contributed by atoms with Crippen LogP contribution in [-0.4, -0.2) is 23.5 Å². The Bertz CT molecular complexity index is 735. The first-order valence-corrected chi connectivity index (χ1v) is 9.05. The van der Waals surface area contributed by atoms with Gasteiger partial charge in [-0.05, 0) is 37.3 Å². The Morgan fingerprint density at radius 3 is 3.13 bits per heavy atom. The molecule has 0 spiro atoms. The molecule has 7 heteroatoms. The average molecular weight is 348 g/mol. The summed E-state index contributed by atoms with van der Waals surface area (Å²) in [6, 6.07) is 3.87. The van der Waals surface area contributed by atoms with E-state index in [-0.39, 0.29) is 17.8 Å². The van der Waals surface area contributed by atoms with Crippen molar-refractivity contribution in [2.45, 2.75) is 25.7 Å². The van der Waals surface area contributed by atoms with E-state index < -0.39 is 0 Å². The van der Waals surface area contributed by atoms with Gasteiger partial charge >= 0.3 is 5.97 Å². The average Bonchev–Trinajstić information content (AvgIpc) is 3.21. The number of thiophene rings is 1. The van der Waals surface area contributed by atoms with Crippen molar-refractivity contribution in [2.75, 3.05) is 11.9 Å². The zero-order valence-corrected chi connectivity index (χ0v) is 14.2. The van der Waals surface area contributed by atoms with Crippen LogP contribution in [0.4, 0.5) is 5.13 Å². The van der Waals surface area contributed by atoms with Crippen molar-refractivity contribution in [1.82, 2.24) is 4.98 Å². The van der Waals surface area contributed by atoms with E-state index in [2.05, 4.69) is 10.3 Å². The number of aryl methyl sites for hydroxylation is 1. The highest BCUT2D eigenvalue weighted by molar-refractivity contribution is 7.16. The van der Waals surface area contributed by atoms with Crippen molar-refractivity contribution in [3.63, 3.8) is 0 Å². The van der Waals surface area contributed by atoms with Crippen LogP contribution in [-0.2, 0) is 20.7 Å². The molecule has 0 aromatic carbocycles. The fraction of sp³-hybridized carbons (Fsp3) is 0.312. The highest BCUT2D eigenvalue weighted by Gasteiger charge is 2.33. The topological polar surface area (TPSA) is 68.3 Å². The van der Waals surface area contributed by atoms with Crippen molar-refractivity contribution in [2.24, 2.45) is 0 Å². The summed E-state index contributed by atoms with van der Waals surface area (Å²) in [7, 11) is 0. The number of amides is 1. The van der Waals surface area contributed by atoms with Gasteiger partial charge in [0.1, 0.15) is 5.92 Å². The van der Waals surface area contributed by atoms with Gasteiger partial charge in [0.25, 0.3) is 0 Å². The number of anilines is 1. The lowest BCUT2D eigenvalue weighted by atomic mass is 10.1. The van der Waals surface area contributed by atoms with Crippen LogP contribution in [0.3, 0.4) is 0 Å². The first-order chi connectivity index (χ1) is 11.2. The minimum Gasteiger partial charge on any atom is -0.465 e. The summed E-state index contributed by atoms with van der Waals surface area (Å²) in [4.78, 5) is 30.3. The Balaban J connectivity index is 1.65. The van der Waals surface area contributed by atoms with Crippen LogP contribution in [0.1, 0.15) is 34.7 Å². The third kappa shape index (κ3) is 3.68. The lowest BCUT2D eigenvalue weighted by molar-refractivity contribution is -0.145. The van der Waals surface area contributed by atoms with Gasteiger partial charge in [-0.1, -0.05) is 6.07 Å². The highest BCUT2D eigenvalue weighted by atomic mass is 32.1. The van der Waals surface area contributed by atoms with Crippen LogP contribution >= 0.6 is 22.7 Å².